The molecule has 4 fully saturated rings. The molecule has 1 aromatic heterocycles. The van der Waals surface area contributed by atoms with E-state index in [2.05, 4.69) is 18.3 Å². The number of amides is 1. The molecule has 2 aromatic rings. The summed E-state index contributed by atoms with van der Waals surface area (Å²) < 4.78 is 1.19. The zero-order valence-electron chi connectivity index (χ0n) is 16.4. The number of rotatable bonds is 5. The van der Waals surface area contributed by atoms with Gasteiger partial charge < -0.3 is 10.2 Å². The van der Waals surface area contributed by atoms with Gasteiger partial charge in [-0.2, -0.15) is 0 Å². The minimum atomic E-state index is 0.0275. The Kier molecular flexibility index (Phi) is 4.28. The van der Waals surface area contributed by atoms with Gasteiger partial charge in [0.2, 0.25) is 0 Å². The van der Waals surface area contributed by atoms with Gasteiger partial charge in [0, 0.05) is 26.3 Å². The van der Waals surface area contributed by atoms with Crippen LogP contribution < -0.4 is 5.32 Å². The molecule has 4 bridgehead atoms. The van der Waals surface area contributed by atoms with Crippen molar-refractivity contribution in [2.24, 2.45) is 17.8 Å². The highest BCUT2D eigenvalue weighted by atomic mass is 32.1. The second kappa shape index (κ2) is 6.56. The Morgan fingerprint density at radius 1 is 1.22 bits per heavy atom. The van der Waals surface area contributed by atoms with E-state index in [9.17, 15) is 4.79 Å². The third kappa shape index (κ3) is 3.19. The molecule has 6 rings (SSSR count). The van der Waals surface area contributed by atoms with Crippen LogP contribution in [0.3, 0.4) is 0 Å². The molecule has 4 nitrogen and oxygen atoms in total. The van der Waals surface area contributed by atoms with Crippen molar-refractivity contribution < 1.29 is 10.1 Å². The van der Waals surface area contributed by atoms with E-state index >= 15 is 0 Å². The van der Waals surface area contributed by atoms with Crippen LogP contribution in [-0.4, -0.2) is 34.9 Å². The number of hydrogen-bond acceptors (Lipinski definition) is 3. The zero-order chi connectivity index (χ0) is 18.6. The maximum absolute atomic E-state index is 12.9. The van der Waals surface area contributed by atoms with Gasteiger partial charge in [0.05, 0.1) is 21.8 Å². The molecular weight excluding hydrogens is 354 g/mol. The summed E-state index contributed by atoms with van der Waals surface area (Å²) in [5.41, 5.74) is 1.40. The summed E-state index contributed by atoms with van der Waals surface area (Å²) in [7, 11) is 1.94. The van der Waals surface area contributed by atoms with Crippen molar-refractivity contribution >= 4 is 27.5 Å². The summed E-state index contributed by atoms with van der Waals surface area (Å²) in [5.74, 6) is 3.03. The fourth-order valence-corrected chi connectivity index (χ4v) is 7.39. The summed E-state index contributed by atoms with van der Waals surface area (Å²) in [6.07, 6.45) is 8.37. The summed E-state index contributed by atoms with van der Waals surface area (Å²) in [5, 5.41) is 3.45. The normalized spacial score (nSPS) is 32.7. The Hall–Kier alpha value is -1.46. The Morgan fingerprint density at radius 2 is 1.85 bits per heavy atom. The molecule has 0 unspecified atom stereocenters. The second-order valence-electron chi connectivity index (χ2n) is 9.39. The SMILES string of the molecule is C[C@H](c1nc2ccccc2s1)N(C)C(=O)C[NH2+]C12CC3CC(CC(C3)C1)C2. The van der Waals surface area contributed by atoms with E-state index in [0.29, 0.717) is 12.1 Å². The van der Waals surface area contributed by atoms with Crippen LogP contribution >= 0.6 is 11.3 Å². The zero-order valence-corrected chi connectivity index (χ0v) is 17.2. The highest BCUT2D eigenvalue weighted by molar-refractivity contribution is 7.18. The van der Waals surface area contributed by atoms with Crippen molar-refractivity contribution in [2.75, 3.05) is 13.6 Å². The average Bonchev–Trinajstić information content (AvgIpc) is 3.08. The van der Waals surface area contributed by atoms with Crippen molar-refractivity contribution in [3.8, 4) is 0 Å². The summed E-state index contributed by atoms with van der Waals surface area (Å²) in [4.78, 5) is 19.6. The summed E-state index contributed by atoms with van der Waals surface area (Å²) >= 11 is 1.70. The molecule has 1 amide bonds. The predicted octanol–water partition coefficient (Wildman–Crippen LogP) is 3.35. The smallest absolute Gasteiger partial charge is 0.278 e. The molecule has 0 radical (unpaired) electrons. The Morgan fingerprint density at radius 3 is 2.48 bits per heavy atom. The van der Waals surface area contributed by atoms with Crippen molar-refractivity contribution in [3.63, 3.8) is 0 Å². The molecule has 1 heterocycles. The predicted molar refractivity (Wildman–Crippen MR) is 109 cm³/mol. The van der Waals surface area contributed by atoms with Gasteiger partial charge in [-0.15, -0.1) is 11.3 Å². The Bertz CT molecular complexity index is 792. The quantitative estimate of drug-likeness (QED) is 0.859. The van der Waals surface area contributed by atoms with Crippen LogP contribution in [-0.2, 0) is 4.79 Å². The molecular formula is C22H30N3OS+. The number of nitrogens with zero attached hydrogens (tertiary/aromatic N) is 2. The average molecular weight is 385 g/mol. The van der Waals surface area contributed by atoms with E-state index < -0.39 is 0 Å². The van der Waals surface area contributed by atoms with Crippen molar-refractivity contribution in [1.82, 2.24) is 9.88 Å². The standard InChI is InChI=1S/C22H29N3OS/c1-14(21-24-18-5-3-4-6-19(18)27-21)25(2)20(26)13-23-22-10-15-7-16(11-22)9-17(8-15)12-22/h3-6,14-17,23H,7-13H2,1-2H3/p+1/t14-,15?,16?,17?,22?/m1/s1. The number of aromatic nitrogens is 1. The monoisotopic (exact) mass is 384 g/mol. The first-order valence-corrected chi connectivity index (χ1v) is 11.3. The third-order valence-electron chi connectivity index (χ3n) is 7.44. The van der Waals surface area contributed by atoms with Crippen LogP contribution in [0.15, 0.2) is 24.3 Å². The van der Waals surface area contributed by atoms with Crippen LogP contribution in [0.25, 0.3) is 10.2 Å². The van der Waals surface area contributed by atoms with E-state index in [1.54, 1.807) is 11.3 Å². The lowest BCUT2D eigenvalue weighted by molar-refractivity contribution is -0.730. The van der Waals surface area contributed by atoms with E-state index in [1.807, 2.05) is 30.1 Å². The number of thiazole rings is 1. The maximum atomic E-state index is 12.9. The number of benzene rings is 1. The molecule has 0 spiro atoms. The van der Waals surface area contributed by atoms with Crippen LogP contribution in [0, 0.1) is 17.8 Å². The highest BCUT2D eigenvalue weighted by Gasteiger charge is 2.53. The van der Waals surface area contributed by atoms with Gasteiger partial charge in [-0.1, -0.05) is 12.1 Å². The molecule has 2 N–H and O–H groups in total. The number of carbonyl (C=O) groups is 1. The number of nitrogens with two attached hydrogens (primary N) is 1. The molecule has 144 valence electrons. The first-order valence-electron chi connectivity index (χ1n) is 10.5. The van der Waals surface area contributed by atoms with E-state index in [0.717, 1.165) is 28.3 Å². The van der Waals surface area contributed by atoms with Crippen LogP contribution in [0.1, 0.15) is 56.5 Å². The van der Waals surface area contributed by atoms with Gasteiger partial charge >= 0.3 is 0 Å². The molecule has 1 aromatic carbocycles. The largest absolute Gasteiger partial charge is 0.334 e. The minimum absolute atomic E-state index is 0.0275. The molecule has 4 saturated carbocycles. The number of likely N-dealkylation sites (N-methyl/N-ethyl adjacent to an activating group) is 1. The number of para-hydroxylation sites is 1. The van der Waals surface area contributed by atoms with Gasteiger partial charge in [0.25, 0.3) is 5.91 Å². The fourth-order valence-electron chi connectivity index (χ4n) is 6.33. The first-order chi connectivity index (χ1) is 13.0. The van der Waals surface area contributed by atoms with Gasteiger partial charge in [-0.3, -0.25) is 4.79 Å². The minimum Gasteiger partial charge on any atom is -0.334 e. The second-order valence-corrected chi connectivity index (χ2v) is 10.5. The number of fused-ring (bicyclic) bond motifs is 1. The third-order valence-corrected chi connectivity index (χ3v) is 8.64. The van der Waals surface area contributed by atoms with E-state index in [4.69, 9.17) is 4.98 Å². The molecule has 4 aliphatic carbocycles. The first kappa shape index (κ1) is 17.6. The molecule has 5 heteroatoms. The molecule has 1 atom stereocenters. The lowest BCUT2D eigenvalue weighted by Crippen LogP contribution is -3.00. The van der Waals surface area contributed by atoms with Crippen molar-refractivity contribution in [2.45, 2.75) is 57.0 Å². The van der Waals surface area contributed by atoms with Gasteiger partial charge in [0.15, 0.2) is 6.54 Å². The van der Waals surface area contributed by atoms with E-state index in [-0.39, 0.29) is 11.9 Å². The molecule has 4 aliphatic rings. The number of hydrogen-bond donors (Lipinski definition) is 1. The van der Waals surface area contributed by atoms with Crippen LogP contribution in [0.4, 0.5) is 0 Å². The Labute approximate surface area is 165 Å². The number of quaternary nitrogens is 1. The van der Waals surface area contributed by atoms with E-state index in [1.165, 1.54) is 43.2 Å². The van der Waals surface area contributed by atoms with Gasteiger partial charge in [0.1, 0.15) is 5.01 Å². The van der Waals surface area contributed by atoms with Crippen molar-refractivity contribution in [1.29, 1.82) is 0 Å². The fraction of sp³-hybridized carbons (Fsp3) is 0.636. The molecule has 0 saturated heterocycles. The van der Waals surface area contributed by atoms with Gasteiger partial charge in [-0.05, 0) is 56.1 Å². The summed E-state index contributed by atoms with van der Waals surface area (Å²) in [6.45, 7) is 2.68. The van der Waals surface area contributed by atoms with Crippen LogP contribution in [0.2, 0.25) is 0 Å². The van der Waals surface area contributed by atoms with Gasteiger partial charge in [-0.25, -0.2) is 4.98 Å². The van der Waals surface area contributed by atoms with Crippen LogP contribution in [0.5, 0.6) is 0 Å². The molecule has 27 heavy (non-hydrogen) atoms. The highest BCUT2D eigenvalue weighted by Crippen LogP contribution is 2.54. The maximum Gasteiger partial charge on any atom is 0.278 e. The number of carbonyl (C=O) groups excluding carboxylic acids is 1. The topological polar surface area (TPSA) is 49.8 Å². The summed E-state index contributed by atoms with van der Waals surface area (Å²) in [6, 6.07) is 8.24. The Balaban J connectivity index is 1.24. The van der Waals surface area contributed by atoms with Crippen molar-refractivity contribution in [3.05, 3.63) is 29.3 Å². The lowest BCUT2D eigenvalue weighted by Gasteiger charge is -2.54. The molecule has 0 aliphatic heterocycles. The lowest BCUT2D eigenvalue weighted by atomic mass is 9.53.